The maximum absolute atomic E-state index is 11.7. The Hall–Kier alpha value is -3.11. The van der Waals surface area contributed by atoms with Crippen molar-refractivity contribution in [2.45, 2.75) is 18.1 Å². The van der Waals surface area contributed by atoms with E-state index in [0.29, 0.717) is 5.69 Å². The minimum Gasteiger partial charge on any atom is -0.409 e. The Balaban J connectivity index is 1.82. The molecule has 10 heteroatoms. The summed E-state index contributed by atoms with van der Waals surface area (Å²) < 4.78 is 40.5. The number of hydrogen-bond donors (Lipinski definition) is 3. The quantitative estimate of drug-likeness (QED) is 0.536. The van der Waals surface area contributed by atoms with Crippen LogP contribution in [-0.4, -0.2) is 31.4 Å². The molecular weight excluding hydrogens is 364 g/mol. The molecule has 0 bridgehead atoms. The lowest BCUT2D eigenvalue weighted by atomic mass is 10.3. The number of benzene rings is 2. The Kier molecular flexibility index (Phi) is 6.15. The molecule has 3 N–H and O–H groups in total. The van der Waals surface area contributed by atoms with Gasteiger partial charge in [0, 0.05) is 18.3 Å². The highest BCUT2D eigenvalue weighted by Crippen LogP contribution is 2.14. The molecule has 1 unspecified atom stereocenters. The molecule has 2 aromatic carbocycles. The number of carbonyl (C=O) groups excluding carboxylic acids is 2. The normalized spacial score (nSPS) is 11.9. The predicted octanol–water partition coefficient (Wildman–Crippen LogP) is 3.08. The highest BCUT2D eigenvalue weighted by molar-refractivity contribution is 7.85. The standard InChI is InChI=1S/C16H16N2O7S/c1-11(24-15(19)17-12-5-3-2-4-6-12)25-16(20)18-13-7-9-14(10-8-13)26(21,22)23/h2-11H,1H3,(H,17,19)(H,18,20)(H,21,22,23). The second kappa shape index (κ2) is 8.32. The summed E-state index contributed by atoms with van der Waals surface area (Å²) in [5.41, 5.74) is 0.747. The molecule has 0 aliphatic heterocycles. The van der Waals surface area contributed by atoms with E-state index in [2.05, 4.69) is 10.6 Å². The van der Waals surface area contributed by atoms with Crippen LogP contribution in [0.5, 0.6) is 0 Å². The Morgan fingerprint density at radius 1 is 0.885 bits per heavy atom. The van der Waals surface area contributed by atoms with Crippen molar-refractivity contribution in [2.75, 3.05) is 10.6 Å². The van der Waals surface area contributed by atoms with Gasteiger partial charge in [0.1, 0.15) is 0 Å². The van der Waals surface area contributed by atoms with Crippen LogP contribution in [0.1, 0.15) is 6.92 Å². The number of nitrogens with one attached hydrogen (secondary N) is 2. The van der Waals surface area contributed by atoms with Crippen molar-refractivity contribution < 1.29 is 32.0 Å². The third-order valence-corrected chi connectivity index (χ3v) is 3.83. The smallest absolute Gasteiger partial charge is 0.409 e. The molecule has 2 amide bonds. The summed E-state index contributed by atoms with van der Waals surface area (Å²) in [6.07, 6.45) is -2.88. The zero-order valence-electron chi connectivity index (χ0n) is 13.6. The van der Waals surface area contributed by atoms with Gasteiger partial charge in [0.2, 0.25) is 6.29 Å². The highest BCUT2D eigenvalue weighted by Gasteiger charge is 2.15. The van der Waals surface area contributed by atoms with Crippen molar-refractivity contribution in [1.29, 1.82) is 0 Å². The third-order valence-electron chi connectivity index (χ3n) is 2.96. The summed E-state index contributed by atoms with van der Waals surface area (Å²) in [4.78, 5) is 23.1. The number of rotatable bonds is 5. The van der Waals surface area contributed by atoms with Crippen molar-refractivity contribution in [1.82, 2.24) is 0 Å². The molecule has 0 fully saturated rings. The van der Waals surface area contributed by atoms with Gasteiger partial charge in [-0.1, -0.05) is 18.2 Å². The molecule has 9 nitrogen and oxygen atoms in total. The lowest BCUT2D eigenvalue weighted by Gasteiger charge is -2.15. The van der Waals surface area contributed by atoms with E-state index in [9.17, 15) is 18.0 Å². The van der Waals surface area contributed by atoms with E-state index in [1.165, 1.54) is 19.1 Å². The number of para-hydroxylation sites is 1. The third kappa shape index (κ3) is 6.07. The monoisotopic (exact) mass is 380 g/mol. The van der Waals surface area contributed by atoms with E-state index in [4.69, 9.17) is 14.0 Å². The lowest BCUT2D eigenvalue weighted by Crippen LogP contribution is -2.27. The van der Waals surface area contributed by atoms with Crippen LogP contribution in [-0.2, 0) is 19.6 Å². The molecule has 0 spiro atoms. The Labute approximate surface area is 149 Å². The van der Waals surface area contributed by atoms with Gasteiger partial charge in [-0.25, -0.2) is 9.59 Å². The van der Waals surface area contributed by atoms with Gasteiger partial charge in [-0.2, -0.15) is 8.42 Å². The van der Waals surface area contributed by atoms with E-state index in [0.717, 1.165) is 12.1 Å². The fourth-order valence-corrected chi connectivity index (χ4v) is 2.33. The zero-order valence-corrected chi connectivity index (χ0v) is 14.4. The van der Waals surface area contributed by atoms with E-state index in [1.54, 1.807) is 30.3 Å². The number of amides is 2. The minimum atomic E-state index is -4.31. The van der Waals surface area contributed by atoms with Gasteiger partial charge in [-0.15, -0.1) is 0 Å². The molecule has 0 heterocycles. The van der Waals surface area contributed by atoms with Crippen LogP contribution in [0.25, 0.3) is 0 Å². The molecule has 138 valence electrons. The molecule has 0 saturated heterocycles. The first-order valence-corrected chi connectivity index (χ1v) is 8.76. The van der Waals surface area contributed by atoms with Gasteiger partial charge in [0.15, 0.2) is 0 Å². The first-order valence-electron chi connectivity index (χ1n) is 7.32. The van der Waals surface area contributed by atoms with Gasteiger partial charge in [-0.05, 0) is 36.4 Å². The SMILES string of the molecule is CC(OC(=O)Nc1ccccc1)OC(=O)Nc1ccc(S(=O)(=O)O)cc1. The molecule has 0 radical (unpaired) electrons. The van der Waals surface area contributed by atoms with Crippen molar-refractivity contribution in [2.24, 2.45) is 0 Å². The van der Waals surface area contributed by atoms with Crippen molar-refractivity contribution in [3.05, 3.63) is 54.6 Å². The number of anilines is 2. The van der Waals surface area contributed by atoms with Crippen LogP contribution in [0.3, 0.4) is 0 Å². The molecule has 1 atom stereocenters. The van der Waals surface area contributed by atoms with E-state index in [-0.39, 0.29) is 10.6 Å². The van der Waals surface area contributed by atoms with Gasteiger partial charge in [0.25, 0.3) is 10.1 Å². The number of carbonyl (C=O) groups is 2. The number of ether oxygens (including phenoxy) is 2. The topological polar surface area (TPSA) is 131 Å². The average Bonchev–Trinajstić information content (AvgIpc) is 2.54. The van der Waals surface area contributed by atoms with Crippen molar-refractivity contribution in [3.63, 3.8) is 0 Å². The summed E-state index contributed by atoms with van der Waals surface area (Å²) in [5, 5.41) is 4.79. The molecule has 0 saturated carbocycles. The molecular formula is C16H16N2O7S. The molecule has 0 aliphatic carbocycles. The van der Waals surface area contributed by atoms with Crippen LogP contribution in [0.2, 0.25) is 0 Å². The summed E-state index contributed by atoms with van der Waals surface area (Å²) in [5.74, 6) is 0. The van der Waals surface area contributed by atoms with Crippen LogP contribution >= 0.6 is 0 Å². The van der Waals surface area contributed by atoms with Gasteiger partial charge < -0.3 is 9.47 Å². The summed E-state index contributed by atoms with van der Waals surface area (Å²) >= 11 is 0. The van der Waals surface area contributed by atoms with Crippen LogP contribution in [0.15, 0.2) is 59.5 Å². The fraction of sp³-hybridized carbons (Fsp3) is 0.125. The average molecular weight is 380 g/mol. The summed E-state index contributed by atoms with van der Waals surface area (Å²) in [6, 6.07) is 13.3. The maximum atomic E-state index is 11.7. The second-order valence-electron chi connectivity index (χ2n) is 4.99. The molecule has 2 rings (SSSR count). The van der Waals surface area contributed by atoms with E-state index >= 15 is 0 Å². The van der Waals surface area contributed by atoms with Gasteiger partial charge >= 0.3 is 12.2 Å². The predicted molar refractivity (Wildman–Crippen MR) is 92.4 cm³/mol. The summed E-state index contributed by atoms with van der Waals surface area (Å²) in [7, 11) is -4.31. The Morgan fingerprint density at radius 3 is 1.81 bits per heavy atom. The first-order chi connectivity index (χ1) is 12.2. The van der Waals surface area contributed by atoms with Gasteiger partial charge in [-0.3, -0.25) is 15.2 Å². The Morgan fingerprint density at radius 2 is 1.35 bits per heavy atom. The van der Waals surface area contributed by atoms with Crippen LogP contribution < -0.4 is 10.6 Å². The highest BCUT2D eigenvalue weighted by atomic mass is 32.2. The van der Waals surface area contributed by atoms with Gasteiger partial charge in [0.05, 0.1) is 4.90 Å². The largest absolute Gasteiger partial charge is 0.414 e. The molecule has 0 aliphatic rings. The molecule has 2 aromatic rings. The number of hydrogen-bond acceptors (Lipinski definition) is 6. The second-order valence-corrected chi connectivity index (χ2v) is 6.42. The molecule has 0 aromatic heterocycles. The van der Waals surface area contributed by atoms with E-state index in [1.807, 2.05) is 0 Å². The summed E-state index contributed by atoms with van der Waals surface area (Å²) in [6.45, 7) is 1.35. The van der Waals surface area contributed by atoms with E-state index < -0.39 is 28.6 Å². The Bertz CT molecular complexity index is 867. The van der Waals surface area contributed by atoms with Crippen LogP contribution in [0.4, 0.5) is 21.0 Å². The minimum absolute atomic E-state index is 0.225. The molecule has 26 heavy (non-hydrogen) atoms. The maximum Gasteiger partial charge on any atom is 0.414 e. The van der Waals surface area contributed by atoms with Crippen molar-refractivity contribution in [3.8, 4) is 0 Å². The van der Waals surface area contributed by atoms with Crippen molar-refractivity contribution >= 4 is 33.7 Å². The lowest BCUT2D eigenvalue weighted by molar-refractivity contribution is -0.0383. The van der Waals surface area contributed by atoms with Crippen LogP contribution in [0, 0.1) is 0 Å². The fourth-order valence-electron chi connectivity index (χ4n) is 1.85. The zero-order chi connectivity index (χ0) is 19.2. The first kappa shape index (κ1) is 19.2.